The number of carbonyl (C=O) groups is 2. The van der Waals surface area contributed by atoms with E-state index in [-0.39, 0.29) is 6.10 Å². The van der Waals surface area contributed by atoms with Crippen molar-refractivity contribution in [2.75, 3.05) is 32.8 Å². The zero-order valence-corrected chi connectivity index (χ0v) is 15.4. The van der Waals surface area contributed by atoms with E-state index in [1.807, 2.05) is 39.0 Å². The molecule has 6 heteroatoms. The van der Waals surface area contributed by atoms with Gasteiger partial charge < -0.3 is 15.4 Å². The molecule has 1 saturated heterocycles. The highest BCUT2D eigenvalue weighted by molar-refractivity contribution is 6.35. The van der Waals surface area contributed by atoms with Gasteiger partial charge in [-0.1, -0.05) is 30.3 Å². The van der Waals surface area contributed by atoms with Crippen molar-refractivity contribution in [3.05, 3.63) is 35.9 Å². The van der Waals surface area contributed by atoms with Crippen LogP contribution in [0.1, 0.15) is 38.9 Å². The van der Waals surface area contributed by atoms with Crippen LogP contribution in [0.3, 0.4) is 0 Å². The third kappa shape index (κ3) is 6.84. The molecule has 1 aromatic rings. The predicted octanol–water partition coefficient (Wildman–Crippen LogP) is 1.48. The molecule has 0 aliphatic carbocycles. The second-order valence-electron chi connectivity index (χ2n) is 7.38. The molecule has 1 heterocycles. The van der Waals surface area contributed by atoms with Crippen LogP contribution >= 0.6 is 0 Å². The Hall–Kier alpha value is -1.92. The molecule has 1 aromatic carbocycles. The van der Waals surface area contributed by atoms with Crippen molar-refractivity contribution in [2.45, 2.75) is 38.8 Å². The minimum absolute atomic E-state index is 0.0992. The fourth-order valence-electron chi connectivity index (χ4n) is 2.76. The maximum Gasteiger partial charge on any atom is 0.309 e. The van der Waals surface area contributed by atoms with Gasteiger partial charge in [0.25, 0.3) is 0 Å². The third-order valence-corrected chi connectivity index (χ3v) is 3.95. The molecule has 0 saturated carbocycles. The molecule has 2 rings (SSSR count). The lowest BCUT2D eigenvalue weighted by atomic mass is 10.1. The molecule has 6 nitrogen and oxygen atoms in total. The minimum atomic E-state index is -0.581. The lowest BCUT2D eigenvalue weighted by molar-refractivity contribution is -0.140. The minimum Gasteiger partial charge on any atom is -0.371 e. The van der Waals surface area contributed by atoms with Gasteiger partial charge in [-0.25, -0.2) is 0 Å². The molecule has 0 aromatic heterocycles. The zero-order valence-electron chi connectivity index (χ0n) is 15.4. The standard InChI is InChI=1S/C19H29N3O3/c1-19(2,3)21-18(24)17(23)20-10-7-11-22-12-13-25-16(14-22)15-8-5-4-6-9-15/h4-6,8-9,16H,7,10-14H2,1-3H3,(H,20,23)(H,21,24). The molecule has 1 atom stereocenters. The highest BCUT2D eigenvalue weighted by Gasteiger charge is 2.22. The van der Waals surface area contributed by atoms with E-state index in [1.54, 1.807) is 0 Å². The molecule has 2 N–H and O–H groups in total. The van der Waals surface area contributed by atoms with E-state index in [1.165, 1.54) is 5.56 Å². The summed E-state index contributed by atoms with van der Waals surface area (Å²) in [7, 11) is 0. The normalized spacial score (nSPS) is 18.6. The SMILES string of the molecule is CC(C)(C)NC(=O)C(=O)NCCCN1CCOC(c2ccccc2)C1. The van der Waals surface area contributed by atoms with Gasteiger partial charge in [-0.2, -0.15) is 0 Å². The first-order valence-electron chi connectivity index (χ1n) is 8.84. The summed E-state index contributed by atoms with van der Waals surface area (Å²) >= 11 is 0. The summed E-state index contributed by atoms with van der Waals surface area (Å²) in [5.74, 6) is -1.15. The van der Waals surface area contributed by atoms with Crippen molar-refractivity contribution in [2.24, 2.45) is 0 Å². The number of amides is 2. The van der Waals surface area contributed by atoms with Crippen molar-refractivity contribution in [3.8, 4) is 0 Å². The summed E-state index contributed by atoms with van der Waals surface area (Å²) in [6.07, 6.45) is 0.901. The van der Waals surface area contributed by atoms with Crippen LogP contribution < -0.4 is 10.6 Å². The molecular formula is C19H29N3O3. The van der Waals surface area contributed by atoms with Gasteiger partial charge in [0.2, 0.25) is 0 Å². The fourth-order valence-corrected chi connectivity index (χ4v) is 2.76. The second kappa shape index (κ2) is 8.97. The van der Waals surface area contributed by atoms with Gasteiger partial charge in [0, 0.05) is 31.7 Å². The summed E-state index contributed by atoms with van der Waals surface area (Å²) in [6.45, 7) is 9.35. The quantitative estimate of drug-likeness (QED) is 0.625. The van der Waals surface area contributed by atoms with Crippen LogP contribution in [0.25, 0.3) is 0 Å². The number of hydrogen-bond donors (Lipinski definition) is 2. The molecule has 0 bridgehead atoms. The first kappa shape index (κ1) is 19.4. The number of ether oxygens (including phenoxy) is 1. The highest BCUT2D eigenvalue weighted by Crippen LogP contribution is 2.21. The van der Waals surface area contributed by atoms with Crippen molar-refractivity contribution in [1.29, 1.82) is 0 Å². The summed E-state index contributed by atoms with van der Waals surface area (Å²) in [5.41, 5.74) is 0.786. The monoisotopic (exact) mass is 347 g/mol. The molecule has 138 valence electrons. The van der Waals surface area contributed by atoms with Crippen LogP contribution in [-0.2, 0) is 14.3 Å². The lowest BCUT2D eigenvalue weighted by Crippen LogP contribution is -2.48. The van der Waals surface area contributed by atoms with Crippen molar-refractivity contribution in [3.63, 3.8) is 0 Å². The van der Waals surface area contributed by atoms with E-state index in [9.17, 15) is 9.59 Å². The number of morpholine rings is 1. The Morgan fingerprint density at radius 1 is 1.20 bits per heavy atom. The number of hydrogen-bond acceptors (Lipinski definition) is 4. The zero-order chi connectivity index (χ0) is 18.3. The number of carbonyl (C=O) groups excluding carboxylic acids is 2. The summed E-state index contributed by atoms with van der Waals surface area (Å²) in [4.78, 5) is 25.8. The Morgan fingerprint density at radius 2 is 1.92 bits per heavy atom. The Balaban J connectivity index is 1.68. The lowest BCUT2D eigenvalue weighted by Gasteiger charge is -2.33. The van der Waals surface area contributed by atoms with Crippen LogP contribution in [0.5, 0.6) is 0 Å². The first-order valence-corrected chi connectivity index (χ1v) is 8.84. The van der Waals surface area contributed by atoms with Crippen LogP contribution in [-0.4, -0.2) is 55.0 Å². The van der Waals surface area contributed by atoms with E-state index >= 15 is 0 Å². The average Bonchev–Trinajstić information content (AvgIpc) is 2.58. The molecule has 1 fully saturated rings. The van der Waals surface area contributed by atoms with E-state index in [0.29, 0.717) is 13.2 Å². The summed E-state index contributed by atoms with van der Waals surface area (Å²) in [5, 5.41) is 5.33. The van der Waals surface area contributed by atoms with E-state index in [4.69, 9.17) is 4.74 Å². The molecular weight excluding hydrogens is 318 g/mol. The van der Waals surface area contributed by atoms with Gasteiger partial charge in [0.05, 0.1) is 12.7 Å². The second-order valence-corrected chi connectivity index (χ2v) is 7.38. The van der Waals surface area contributed by atoms with E-state index in [2.05, 4.69) is 27.7 Å². The average molecular weight is 347 g/mol. The van der Waals surface area contributed by atoms with Crippen LogP contribution in [0.15, 0.2) is 30.3 Å². The fraction of sp³-hybridized carbons (Fsp3) is 0.579. The van der Waals surface area contributed by atoms with Crippen LogP contribution in [0.2, 0.25) is 0 Å². The molecule has 25 heavy (non-hydrogen) atoms. The summed E-state index contributed by atoms with van der Waals surface area (Å²) < 4.78 is 5.85. The maximum atomic E-state index is 11.8. The molecule has 1 aliphatic rings. The third-order valence-electron chi connectivity index (χ3n) is 3.95. The Bertz CT molecular complexity index is 569. The highest BCUT2D eigenvalue weighted by atomic mass is 16.5. The van der Waals surface area contributed by atoms with Gasteiger partial charge in [-0.15, -0.1) is 0 Å². The smallest absolute Gasteiger partial charge is 0.309 e. The summed E-state index contributed by atoms with van der Waals surface area (Å²) in [6, 6.07) is 10.2. The number of rotatable bonds is 5. The number of benzene rings is 1. The van der Waals surface area contributed by atoms with Crippen molar-refractivity contribution >= 4 is 11.8 Å². The molecule has 2 amide bonds. The van der Waals surface area contributed by atoms with Gasteiger partial charge >= 0.3 is 11.8 Å². The Labute approximate surface area is 149 Å². The van der Waals surface area contributed by atoms with E-state index < -0.39 is 17.4 Å². The molecule has 0 radical (unpaired) electrons. The van der Waals surface area contributed by atoms with Gasteiger partial charge in [0.15, 0.2) is 0 Å². The van der Waals surface area contributed by atoms with Gasteiger partial charge in [-0.05, 0) is 32.8 Å². The van der Waals surface area contributed by atoms with Crippen LogP contribution in [0, 0.1) is 0 Å². The van der Waals surface area contributed by atoms with Crippen molar-refractivity contribution in [1.82, 2.24) is 15.5 Å². The number of nitrogens with one attached hydrogen (secondary N) is 2. The van der Waals surface area contributed by atoms with Gasteiger partial charge in [-0.3, -0.25) is 14.5 Å². The molecule has 1 aliphatic heterocycles. The van der Waals surface area contributed by atoms with E-state index in [0.717, 1.165) is 26.1 Å². The Kier molecular flexibility index (Phi) is 6.96. The van der Waals surface area contributed by atoms with Crippen molar-refractivity contribution < 1.29 is 14.3 Å². The topological polar surface area (TPSA) is 70.7 Å². The van der Waals surface area contributed by atoms with Crippen LogP contribution in [0.4, 0.5) is 0 Å². The maximum absolute atomic E-state index is 11.8. The van der Waals surface area contributed by atoms with Gasteiger partial charge in [0.1, 0.15) is 0 Å². The molecule has 0 spiro atoms. The Morgan fingerprint density at radius 3 is 2.60 bits per heavy atom. The predicted molar refractivity (Wildman–Crippen MR) is 97.1 cm³/mol. The molecule has 1 unspecified atom stereocenters. The first-order chi connectivity index (χ1) is 11.8. The number of nitrogens with zero attached hydrogens (tertiary/aromatic N) is 1. The largest absolute Gasteiger partial charge is 0.371 e.